The number of fused-ring (bicyclic) bond motifs is 1. The molecule has 194 valence electrons. The average molecular weight is 521 g/mol. The number of nitrogens with one attached hydrogen (secondary N) is 2. The summed E-state index contributed by atoms with van der Waals surface area (Å²) >= 11 is 0. The monoisotopic (exact) mass is 520 g/mol. The summed E-state index contributed by atoms with van der Waals surface area (Å²) in [6.07, 6.45) is 0.322. The Morgan fingerprint density at radius 1 is 1.14 bits per heavy atom. The number of imidazole rings is 1. The number of rotatable bonds is 6. The number of nitrogens with zero attached hydrogens (tertiary/aromatic N) is 4. The van der Waals surface area contributed by atoms with Crippen LogP contribution in [-0.4, -0.2) is 37.7 Å². The van der Waals surface area contributed by atoms with Crippen LogP contribution in [0.25, 0.3) is 11.3 Å². The van der Waals surface area contributed by atoms with E-state index in [1.165, 1.54) is 35.5 Å². The van der Waals surface area contributed by atoms with Crippen LogP contribution in [0, 0.1) is 11.6 Å². The molecule has 0 bridgehead atoms. The van der Waals surface area contributed by atoms with Crippen LogP contribution in [0.5, 0.6) is 0 Å². The minimum Gasteiger partial charge on any atom is -0.379 e. The second-order valence-electron chi connectivity index (χ2n) is 9.23. The van der Waals surface area contributed by atoms with Crippen molar-refractivity contribution in [1.82, 2.24) is 20.0 Å². The first-order valence-electron chi connectivity index (χ1n) is 11.6. The molecule has 0 radical (unpaired) electrons. The van der Waals surface area contributed by atoms with E-state index in [2.05, 4.69) is 15.1 Å². The van der Waals surface area contributed by atoms with E-state index in [4.69, 9.17) is 0 Å². The highest BCUT2D eigenvalue weighted by Gasteiger charge is 2.45. The van der Waals surface area contributed by atoms with Crippen molar-refractivity contribution in [3.63, 3.8) is 0 Å². The molecule has 5 rings (SSSR count). The Morgan fingerprint density at radius 2 is 1.89 bits per heavy atom. The molecule has 0 amide bonds. The summed E-state index contributed by atoms with van der Waals surface area (Å²) in [6.45, 7) is 3.13. The highest BCUT2D eigenvalue weighted by molar-refractivity contribution is 5.58. The Hall–Kier alpha value is -3.64. The zero-order chi connectivity index (χ0) is 26.4. The molecule has 3 heterocycles. The number of benzene rings is 2. The normalized spacial score (nSPS) is 16.8. The van der Waals surface area contributed by atoms with E-state index in [9.17, 15) is 27.1 Å². The molecule has 0 saturated heterocycles. The molecule has 1 aliphatic rings. The molecule has 0 unspecified atom stereocenters. The maximum absolute atomic E-state index is 14.9. The molecule has 1 aliphatic heterocycles. The van der Waals surface area contributed by atoms with Gasteiger partial charge in [-0.1, -0.05) is 6.07 Å². The molecule has 0 spiro atoms. The van der Waals surface area contributed by atoms with Crippen molar-refractivity contribution < 1.29 is 36.3 Å². The van der Waals surface area contributed by atoms with Crippen molar-refractivity contribution in [2.45, 2.75) is 44.4 Å². The summed E-state index contributed by atoms with van der Waals surface area (Å²) in [6, 6.07) is 7.40. The SMILES string of the molecule is C[C@@H](N1CC[n+]2cc(-c3ccc(C(F)(F)F)cc3)[nH]c2C1)[C@](O)(C[n+]1cnc[nH]1)c1ccc(F)cc1F. The Morgan fingerprint density at radius 3 is 2.54 bits per heavy atom. The fraction of sp³-hybridized carbons (Fsp3) is 0.320. The summed E-state index contributed by atoms with van der Waals surface area (Å²) in [7, 11) is 0. The lowest BCUT2D eigenvalue weighted by atomic mass is 9.85. The van der Waals surface area contributed by atoms with Crippen LogP contribution >= 0.6 is 0 Å². The Bertz CT molecular complexity index is 1390. The van der Waals surface area contributed by atoms with Crippen LogP contribution < -0.4 is 9.25 Å². The Kier molecular flexibility index (Phi) is 6.32. The number of aromatic nitrogens is 5. The number of hydrogen-bond donors (Lipinski definition) is 3. The third kappa shape index (κ3) is 4.86. The lowest BCUT2D eigenvalue weighted by Gasteiger charge is -2.40. The van der Waals surface area contributed by atoms with Crippen LogP contribution in [0.2, 0.25) is 0 Å². The highest BCUT2D eigenvalue weighted by Crippen LogP contribution is 2.33. The van der Waals surface area contributed by atoms with Gasteiger partial charge in [0.1, 0.15) is 43.1 Å². The van der Waals surface area contributed by atoms with Crippen LogP contribution in [0.3, 0.4) is 0 Å². The lowest BCUT2D eigenvalue weighted by molar-refractivity contribution is -0.765. The zero-order valence-corrected chi connectivity index (χ0v) is 19.8. The number of hydrogen-bond acceptors (Lipinski definition) is 3. The van der Waals surface area contributed by atoms with Gasteiger partial charge in [-0.3, -0.25) is 4.90 Å². The van der Waals surface area contributed by atoms with Gasteiger partial charge in [0.25, 0.3) is 5.82 Å². The van der Waals surface area contributed by atoms with Gasteiger partial charge in [0.05, 0.1) is 5.56 Å². The third-order valence-corrected chi connectivity index (χ3v) is 6.97. The van der Waals surface area contributed by atoms with Gasteiger partial charge >= 0.3 is 12.5 Å². The molecule has 3 N–H and O–H groups in total. The fourth-order valence-corrected chi connectivity index (χ4v) is 4.83. The predicted molar refractivity (Wildman–Crippen MR) is 120 cm³/mol. The van der Waals surface area contributed by atoms with E-state index in [0.29, 0.717) is 30.9 Å². The first-order valence-corrected chi connectivity index (χ1v) is 11.6. The minimum atomic E-state index is -4.41. The smallest absolute Gasteiger partial charge is 0.379 e. The van der Waals surface area contributed by atoms with E-state index < -0.39 is 35.0 Å². The molecule has 12 heteroatoms. The van der Waals surface area contributed by atoms with Crippen LogP contribution in [-0.2, 0) is 31.4 Å². The van der Waals surface area contributed by atoms with Gasteiger partial charge < -0.3 is 5.11 Å². The van der Waals surface area contributed by atoms with Gasteiger partial charge in [0.2, 0.25) is 6.33 Å². The number of H-pyrrole nitrogens is 2. The third-order valence-electron chi connectivity index (χ3n) is 6.97. The van der Waals surface area contributed by atoms with E-state index in [0.717, 1.165) is 30.1 Å². The van der Waals surface area contributed by atoms with Crippen molar-refractivity contribution in [3.8, 4) is 11.3 Å². The van der Waals surface area contributed by atoms with Gasteiger partial charge in [0, 0.05) is 29.8 Å². The molecule has 4 aromatic rings. The number of alkyl halides is 3. The van der Waals surface area contributed by atoms with Crippen LogP contribution in [0.4, 0.5) is 22.0 Å². The maximum atomic E-state index is 14.9. The topological polar surface area (TPSA) is 75.7 Å². The molecule has 7 nitrogen and oxygen atoms in total. The van der Waals surface area contributed by atoms with Crippen molar-refractivity contribution in [2.75, 3.05) is 6.54 Å². The first-order chi connectivity index (χ1) is 17.5. The molecule has 0 aliphatic carbocycles. The molecule has 0 fully saturated rings. The van der Waals surface area contributed by atoms with Gasteiger partial charge in [-0.15, -0.1) is 0 Å². The summed E-state index contributed by atoms with van der Waals surface area (Å²) in [5.74, 6) is -0.818. The summed E-state index contributed by atoms with van der Waals surface area (Å²) in [5.41, 5.74) is -1.25. The van der Waals surface area contributed by atoms with E-state index in [1.54, 1.807) is 6.92 Å². The number of aromatic amines is 2. The second-order valence-corrected chi connectivity index (χ2v) is 9.23. The van der Waals surface area contributed by atoms with Crippen LogP contribution in [0.15, 0.2) is 61.3 Å². The maximum Gasteiger partial charge on any atom is 0.416 e. The number of halogens is 5. The van der Waals surface area contributed by atoms with E-state index in [-0.39, 0.29) is 12.1 Å². The minimum absolute atomic E-state index is 0.0427. The largest absolute Gasteiger partial charge is 0.416 e. The van der Waals surface area contributed by atoms with Crippen LogP contribution in [0.1, 0.15) is 23.9 Å². The Balaban J connectivity index is 1.42. The van der Waals surface area contributed by atoms with Crippen molar-refractivity contribution in [2.24, 2.45) is 0 Å². The van der Waals surface area contributed by atoms with Gasteiger partial charge in [0.15, 0.2) is 5.69 Å². The first kappa shape index (κ1) is 25.0. The summed E-state index contributed by atoms with van der Waals surface area (Å²) in [4.78, 5) is 9.18. The fourth-order valence-electron chi connectivity index (χ4n) is 4.83. The van der Waals surface area contributed by atoms with Crippen molar-refractivity contribution >= 4 is 0 Å². The van der Waals surface area contributed by atoms with Crippen molar-refractivity contribution in [3.05, 3.63) is 89.9 Å². The summed E-state index contributed by atoms with van der Waals surface area (Å²) < 4.78 is 70.8. The highest BCUT2D eigenvalue weighted by atomic mass is 19.4. The Labute approximate surface area is 208 Å². The molecular weight excluding hydrogens is 495 g/mol. The molecule has 2 aromatic heterocycles. The van der Waals surface area contributed by atoms with Gasteiger partial charge in [-0.2, -0.15) is 23.0 Å². The summed E-state index contributed by atoms with van der Waals surface area (Å²) in [5, 5.41) is 14.7. The molecule has 2 atom stereocenters. The second kappa shape index (κ2) is 9.34. The molecule has 0 saturated carbocycles. The average Bonchev–Trinajstić information content (AvgIpc) is 3.52. The molecular formula is C25H25F5N6O+2. The zero-order valence-electron chi connectivity index (χ0n) is 19.8. The molecule has 2 aromatic carbocycles. The number of aliphatic hydroxyl groups is 1. The van der Waals surface area contributed by atoms with Gasteiger partial charge in [-0.25, -0.2) is 18.3 Å². The van der Waals surface area contributed by atoms with Gasteiger partial charge in [-0.05, 0) is 42.2 Å². The van der Waals surface area contributed by atoms with Crippen molar-refractivity contribution in [1.29, 1.82) is 0 Å². The van der Waals surface area contributed by atoms with E-state index >= 15 is 0 Å². The van der Waals surface area contributed by atoms with E-state index in [1.807, 2.05) is 15.7 Å². The quantitative estimate of drug-likeness (QED) is 0.270. The predicted octanol–water partition coefficient (Wildman–Crippen LogP) is 3.07. The molecule has 37 heavy (non-hydrogen) atoms. The standard InChI is InChI=1S/C25H23F5N6O/c1-16(24(37,13-36-15-31-14-32-36)20-7-6-19(26)10-21(20)27)34-8-9-35-11-22(33-23(35)12-34)17-2-4-18(5-3-17)25(28,29)30/h2-7,10-11,14-16,37H,8-9,12-13H2,1H3/p+2/t16-,24-/m1/s1. The lowest BCUT2D eigenvalue weighted by Crippen LogP contribution is -2.60.